The summed E-state index contributed by atoms with van der Waals surface area (Å²) in [5, 5.41) is 8.53. The summed E-state index contributed by atoms with van der Waals surface area (Å²) in [6.07, 6.45) is -4.71. The molecule has 1 amide bonds. The number of carboxylic acid groups (broad SMARTS) is 1. The predicted octanol–water partition coefficient (Wildman–Crippen LogP) is 3.28. The summed E-state index contributed by atoms with van der Waals surface area (Å²) in [6.45, 7) is 0.177. The van der Waals surface area contributed by atoms with E-state index in [2.05, 4.69) is 20.7 Å². The maximum Gasteiger partial charge on any atom is 0.573 e. The number of carbonyl (C=O) groups excluding carboxylic acids is 1. The van der Waals surface area contributed by atoms with E-state index in [1.165, 1.54) is 24.1 Å². The Kier molecular flexibility index (Phi) is 6.21. The zero-order chi connectivity index (χ0) is 16.9. The molecule has 0 saturated heterocycles. The van der Waals surface area contributed by atoms with Gasteiger partial charge in [-0.05, 0) is 40.5 Å². The molecule has 0 aliphatic rings. The van der Waals surface area contributed by atoms with Crippen molar-refractivity contribution in [2.24, 2.45) is 0 Å². The van der Waals surface area contributed by atoms with Crippen LogP contribution in [0, 0.1) is 0 Å². The van der Waals surface area contributed by atoms with Gasteiger partial charge in [0, 0.05) is 25.6 Å². The maximum absolute atomic E-state index is 12.3. The third kappa shape index (κ3) is 5.92. The zero-order valence-corrected chi connectivity index (χ0v) is 13.1. The van der Waals surface area contributed by atoms with Crippen LogP contribution in [0.25, 0.3) is 0 Å². The summed E-state index contributed by atoms with van der Waals surface area (Å²) >= 11 is 2.91. The summed E-state index contributed by atoms with van der Waals surface area (Å²) < 4.78 is 40.7. The van der Waals surface area contributed by atoms with Crippen LogP contribution in [0.4, 0.5) is 13.2 Å². The molecular weight excluding hydrogens is 371 g/mol. The fourth-order valence-corrected chi connectivity index (χ4v) is 1.96. The van der Waals surface area contributed by atoms with Gasteiger partial charge in [-0.2, -0.15) is 0 Å². The van der Waals surface area contributed by atoms with Crippen LogP contribution < -0.4 is 4.74 Å². The molecule has 0 saturated carbocycles. The van der Waals surface area contributed by atoms with Crippen molar-refractivity contribution < 1.29 is 32.6 Å². The van der Waals surface area contributed by atoms with E-state index in [-0.39, 0.29) is 29.4 Å². The molecule has 1 N–H and O–H groups in total. The van der Waals surface area contributed by atoms with Crippen LogP contribution in [0.5, 0.6) is 5.75 Å². The van der Waals surface area contributed by atoms with Crippen molar-refractivity contribution in [3.8, 4) is 5.75 Å². The lowest BCUT2D eigenvalue weighted by molar-refractivity contribution is -0.274. The minimum Gasteiger partial charge on any atom is -0.481 e. The SMILES string of the molecule is CN(CCCC(=O)O)C(=O)c1ccc(Br)c(OC(F)(F)F)c1. The van der Waals surface area contributed by atoms with Crippen molar-refractivity contribution in [2.75, 3.05) is 13.6 Å². The fraction of sp³-hybridized carbons (Fsp3) is 0.385. The highest BCUT2D eigenvalue weighted by molar-refractivity contribution is 9.10. The number of nitrogens with zero attached hydrogens (tertiary/aromatic N) is 1. The van der Waals surface area contributed by atoms with Gasteiger partial charge in [-0.3, -0.25) is 9.59 Å². The van der Waals surface area contributed by atoms with E-state index in [1.807, 2.05) is 0 Å². The van der Waals surface area contributed by atoms with Crippen LogP contribution in [0.2, 0.25) is 0 Å². The molecule has 0 aromatic heterocycles. The molecule has 0 radical (unpaired) electrons. The smallest absolute Gasteiger partial charge is 0.481 e. The number of hydrogen-bond donors (Lipinski definition) is 1. The summed E-state index contributed by atoms with van der Waals surface area (Å²) in [6, 6.07) is 3.61. The Morgan fingerprint density at radius 3 is 2.55 bits per heavy atom. The Balaban J connectivity index is 2.81. The summed E-state index contributed by atoms with van der Waals surface area (Å²) in [5.41, 5.74) is 0.0141. The van der Waals surface area contributed by atoms with Gasteiger partial charge in [0.15, 0.2) is 0 Å². The number of alkyl halides is 3. The summed E-state index contributed by atoms with van der Waals surface area (Å²) in [4.78, 5) is 23.7. The molecule has 0 heterocycles. The summed E-state index contributed by atoms with van der Waals surface area (Å²) in [7, 11) is 1.44. The van der Waals surface area contributed by atoms with E-state index < -0.39 is 24.0 Å². The third-order valence-corrected chi connectivity index (χ3v) is 3.29. The van der Waals surface area contributed by atoms with Crippen LogP contribution in [0.1, 0.15) is 23.2 Å². The van der Waals surface area contributed by atoms with E-state index in [0.717, 1.165) is 6.07 Å². The number of carboxylic acids is 1. The van der Waals surface area contributed by atoms with E-state index in [1.54, 1.807) is 0 Å². The van der Waals surface area contributed by atoms with Crippen molar-refractivity contribution in [3.05, 3.63) is 28.2 Å². The first-order valence-corrected chi connectivity index (χ1v) is 6.92. The highest BCUT2D eigenvalue weighted by Gasteiger charge is 2.32. The van der Waals surface area contributed by atoms with Crippen molar-refractivity contribution in [2.45, 2.75) is 19.2 Å². The third-order valence-electron chi connectivity index (χ3n) is 2.63. The van der Waals surface area contributed by atoms with Gasteiger partial charge in [0.1, 0.15) is 5.75 Å². The fourth-order valence-electron chi connectivity index (χ4n) is 1.63. The molecule has 0 aliphatic carbocycles. The second-order valence-electron chi connectivity index (χ2n) is 4.42. The molecule has 9 heteroatoms. The minimum atomic E-state index is -4.86. The molecule has 22 heavy (non-hydrogen) atoms. The number of aliphatic carboxylic acids is 1. The molecule has 0 spiro atoms. The molecule has 1 rings (SSSR count). The Hall–Kier alpha value is -1.77. The number of carbonyl (C=O) groups is 2. The molecule has 1 aromatic rings. The first-order valence-electron chi connectivity index (χ1n) is 6.12. The van der Waals surface area contributed by atoms with Crippen LogP contribution in [-0.2, 0) is 4.79 Å². The highest BCUT2D eigenvalue weighted by Crippen LogP contribution is 2.31. The van der Waals surface area contributed by atoms with Gasteiger partial charge in [0.25, 0.3) is 5.91 Å². The van der Waals surface area contributed by atoms with Gasteiger partial charge in [-0.15, -0.1) is 13.2 Å². The Morgan fingerprint density at radius 1 is 1.36 bits per heavy atom. The lowest BCUT2D eigenvalue weighted by Gasteiger charge is -2.18. The van der Waals surface area contributed by atoms with Gasteiger partial charge >= 0.3 is 12.3 Å². The van der Waals surface area contributed by atoms with Crippen molar-refractivity contribution in [3.63, 3.8) is 0 Å². The monoisotopic (exact) mass is 383 g/mol. The van der Waals surface area contributed by atoms with Crippen LogP contribution >= 0.6 is 15.9 Å². The minimum absolute atomic E-state index is 0.0141. The lowest BCUT2D eigenvalue weighted by atomic mass is 10.2. The quantitative estimate of drug-likeness (QED) is 0.818. The first kappa shape index (κ1) is 18.3. The second kappa shape index (κ2) is 7.48. The van der Waals surface area contributed by atoms with E-state index in [4.69, 9.17) is 5.11 Å². The van der Waals surface area contributed by atoms with Crippen LogP contribution in [-0.4, -0.2) is 41.8 Å². The number of hydrogen-bond acceptors (Lipinski definition) is 3. The molecule has 122 valence electrons. The molecule has 0 atom stereocenters. The topological polar surface area (TPSA) is 66.8 Å². The second-order valence-corrected chi connectivity index (χ2v) is 5.27. The Labute approximate surface area is 132 Å². The van der Waals surface area contributed by atoms with Crippen molar-refractivity contribution in [1.29, 1.82) is 0 Å². The lowest BCUT2D eigenvalue weighted by Crippen LogP contribution is -2.28. The average molecular weight is 384 g/mol. The van der Waals surface area contributed by atoms with Crippen molar-refractivity contribution in [1.82, 2.24) is 4.90 Å². The van der Waals surface area contributed by atoms with Gasteiger partial charge in [-0.25, -0.2) is 0 Å². The van der Waals surface area contributed by atoms with Crippen LogP contribution in [0.15, 0.2) is 22.7 Å². The van der Waals surface area contributed by atoms with Gasteiger partial charge in [0.05, 0.1) is 4.47 Å². The van der Waals surface area contributed by atoms with E-state index >= 15 is 0 Å². The molecule has 0 unspecified atom stereocenters. The largest absolute Gasteiger partial charge is 0.573 e. The van der Waals surface area contributed by atoms with Gasteiger partial charge in [0.2, 0.25) is 0 Å². The molecule has 5 nitrogen and oxygen atoms in total. The zero-order valence-electron chi connectivity index (χ0n) is 11.5. The van der Waals surface area contributed by atoms with Crippen LogP contribution in [0.3, 0.4) is 0 Å². The molecule has 0 fully saturated rings. The standard InChI is InChI=1S/C13H13BrF3NO4/c1-18(6-2-3-11(19)20)12(21)8-4-5-9(14)10(7-8)22-13(15,16)17/h4-5,7H,2-3,6H2,1H3,(H,19,20). The summed E-state index contributed by atoms with van der Waals surface area (Å²) in [5.74, 6) is -2.02. The normalized spacial score (nSPS) is 11.1. The van der Waals surface area contributed by atoms with Crippen molar-refractivity contribution >= 4 is 27.8 Å². The maximum atomic E-state index is 12.3. The van der Waals surface area contributed by atoms with E-state index in [9.17, 15) is 22.8 Å². The Bertz CT molecular complexity index is 563. The number of ether oxygens (including phenoxy) is 1. The number of rotatable bonds is 6. The molecule has 1 aromatic carbocycles. The molecule has 0 bridgehead atoms. The number of benzene rings is 1. The Morgan fingerprint density at radius 2 is 2.00 bits per heavy atom. The molecular formula is C13H13BrF3NO4. The van der Waals surface area contributed by atoms with Gasteiger partial charge < -0.3 is 14.7 Å². The first-order chi connectivity index (χ1) is 10.1. The van der Waals surface area contributed by atoms with E-state index in [0.29, 0.717) is 0 Å². The number of halogens is 4. The number of amides is 1. The predicted molar refractivity (Wildman–Crippen MR) is 74.7 cm³/mol. The average Bonchev–Trinajstić information content (AvgIpc) is 2.38. The highest BCUT2D eigenvalue weighted by atomic mass is 79.9. The van der Waals surface area contributed by atoms with Gasteiger partial charge in [-0.1, -0.05) is 0 Å². The molecule has 0 aliphatic heterocycles.